The summed E-state index contributed by atoms with van der Waals surface area (Å²) in [5.74, 6) is -0.740. The first kappa shape index (κ1) is 10.3. The third-order valence-corrected chi connectivity index (χ3v) is 2.38. The molecule has 13 heavy (non-hydrogen) atoms. The van der Waals surface area contributed by atoms with Gasteiger partial charge in [-0.2, -0.15) is 0 Å². The van der Waals surface area contributed by atoms with E-state index in [-0.39, 0.29) is 11.5 Å². The molecule has 0 aromatic rings. The Morgan fingerprint density at radius 2 is 2.23 bits per heavy atom. The quantitative estimate of drug-likeness (QED) is 0.669. The predicted molar refractivity (Wildman–Crippen MR) is 51.6 cm³/mol. The summed E-state index contributed by atoms with van der Waals surface area (Å²) in [6.45, 7) is 9.61. The Hall–Kier alpha value is -0.830. The minimum absolute atomic E-state index is 0.287. The average Bonchev–Trinajstić information content (AvgIpc) is 1.95. The van der Waals surface area contributed by atoms with Crippen LogP contribution in [0.3, 0.4) is 0 Å². The SMILES string of the molecule is C=CCC(C(=O)O)N1CC(C)(C)C1. The van der Waals surface area contributed by atoms with E-state index < -0.39 is 5.97 Å². The smallest absolute Gasteiger partial charge is 0.321 e. The van der Waals surface area contributed by atoms with Crippen LogP contribution < -0.4 is 0 Å². The summed E-state index contributed by atoms with van der Waals surface area (Å²) in [7, 11) is 0. The van der Waals surface area contributed by atoms with Gasteiger partial charge in [0.1, 0.15) is 6.04 Å². The van der Waals surface area contributed by atoms with Crippen molar-refractivity contribution in [2.75, 3.05) is 13.1 Å². The third kappa shape index (κ3) is 2.31. The molecule has 1 fully saturated rings. The van der Waals surface area contributed by atoms with Crippen molar-refractivity contribution in [3.8, 4) is 0 Å². The Morgan fingerprint density at radius 1 is 1.69 bits per heavy atom. The summed E-state index contributed by atoms with van der Waals surface area (Å²) in [4.78, 5) is 12.8. The maximum atomic E-state index is 10.8. The molecule has 74 valence electrons. The van der Waals surface area contributed by atoms with Gasteiger partial charge in [0.15, 0.2) is 0 Å². The van der Waals surface area contributed by atoms with E-state index in [0.29, 0.717) is 6.42 Å². The lowest BCUT2D eigenvalue weighted by Gasteiger charge is -2.48. The number of nitrogens with zero attached hydrogens (tertiary/aromatic N) is 1. The van der Waals surface area contributed by atoms with Crippen molar-refractivity contribution in [3.63, 3.8) is 0 Å². The summed E-state index contributed by atoms with van der Waals surface area (Å²) < 4.78 is 0. The van der Waals surface area contributed by atoms with Crippen LogP contribution >= 0.6 is 0 Å². The highest BCUT2D eigenvalue weighted by Gasteiger charge is 2.40. The zero-order valence-corrected chi connectivity index (χ0v) is 8.29. The number of carboxylic acid groups (broad SMARTS) is 1. The van der Waals surface area contributed by atoms with Crippen molar-refractivity contribution in [1.29, 1.82) is 0 Å². The minimum Gasteiger partial charge on any atom is -0.480 e. The molecular formula is C10H17NO2. The van der Waals surface area contributed by atoms with Crippen molar-refractivity contribution in [2.24, 2.45) is 5.41 Å². The van der Waals surface area contributed by atoms with Crippen molar-refractivity contribution in [2.45, 2.75) is 26.3 Å². The molecule has 0 aromatic carbocycles. The molecule has 1 rings (SSSR count). The van der Waals surface area contributed by atoms with Gasteiger partial charge in [0.25, 0.3) is 0 Å². The van der Waals surface area contributed by atoms with Gasteiger partial charge in [-0.3, -0.25) is 9.69 Å². The molecule has 1 aliphatic heterocycles. The van der Waals surface area contributed by atoms with Crippen LogP contribution in [0.1, 0.15) is 20.3 Å². The first-order valence-electron chi connectivity index (χ1n) is 4.54. The topological polar surface area (TPSA) is 40.5 Å². The second-order valence-electron chi connectivity index (χ2n) is 4.45. The second kappa shape index (κ2) is 3.50. The van der Waals surface area contributed by atoms with E-state index in [9.17, 15) is 4.79 Å². The molecule has 0 aliphatic carbocycles. The van der Waals surface area contributed by atoms with Crippen LogP contribution in [0.5, 0.6) is 0 Å². The highest BCUT2D eigenvalue weighted by Crippen LogP contribution is 2.31. The first-order chi connectivity index (χ1) is 5.96. The van der Waals surface area contributed by atoms with E-state index >= 15 is 0 Å². The number of aliphatic carboxylic acids is 1. The van der Waals surface area contributed by atoms with Crippen LogP contribution in [0.25, 0.3) is 0 Å². The van der Waals surface area contributed by atoms with E-state index in [1.165, 1.54) is 0 Å². The van der Waals surface area contributed by atoms with Crippen molar-refractivity contribution >= 4 is 5.97 Å². The van der Waals surface area contributed by atoms with Crippen molar-refractivity contribution < 1.29 is 9.90 Å². The van der Waals surface area contributed by atoms with Crippen LogP contribution in [-0.4, -0.2) is 35.1 Å². The molecule has 1 unspecified atom stereocenters. The molecule has 0 spiro atoms. The summed E-state index contributed by atoms with van der Waals surface area (Å²) in [5, 5.41) is 8.92. The Morgan fingerprint density at radius 3 is 2.54 bits per heavy atom. The molecule has 1 heterocycles. The Kier molecular flexibility index (Phi) is 2.76. The number of carboxylic acids is 1. The van der Waals surface area contributed by atoms with Gasteiger partial charge in [0.2, 0.25) is 0 Å². The predicted octanol–water partition coefficient (Wildman–Crippen LogP) is 1.36. The highest BCUT2D eigenvalue weighted by atomic mass is 16.4. The van der Waals surface area contributed by atoms with E-state index in [1.807, 2.05) is 4.90 Å². The van der Waals surface area contributed by atoms with Gasteiger partial charge in [0, 0.05) is 13.1 Å². The molecule has 1 atom stereocenters. The second-order valence-corrected chi connectivity index (χ2v) is 4.45. The molecule has 3 nitrogen and oxygen atoms in total. The Bertz CT molecular complexity index is 215. The molecule has 0 bridgehead atoms. The highest BCUT2D eigenvalue weighted by molar-refractivity contribution is 5.73. The van der Waals surface area contributed by atoms with Crippen LogP contribution in [0.15, 0.2) is 12.7 Å². The molecule has 0 amide bonds. The molecule has 0 radical (unpaired) electrons. The number of hydrogen-bond donors (Lipinski definition) is 1. The molecule has 0 saturated carbocycles. The van der Waals surface area contributed by atoms with Gasteiger partial charge in [-0.1, -0.05) is 19.9 Å². The Balaban J connectivity index is 2.49. The van der Waals surface area contributed by atoms with Gasteiger partial charge in [-0.05, 0) is 11.8 Å². The number of hydrogen-bond acceptors (Lipinski definition) is 2. The third-order valence-electron chi connectivity index (χ3n) is 2.38. The zero-order valence-electron chi connectivity index (χ0n) is 8.29. The van der Waals surface area contributed by atoms with Crippen LogP contribution in [-0.2, 0) is 4.79 Å². The van der Waals surface area contributed by atoms with Gasteiger partial charge >= 0.3 is 5.97 Å². The van der Waals surface area contributed by atoms with Gasteiger partial charge in [0.05, 0.1) is 0 Å². The molecule has 1 N–H and O–H groups in total. The monoisotopic (exact) mass is 183 g/mol. The van der Waals surface area contributed by atoms with Crippen LogP contribution in [0.2, 0.25) is 0 Å². The minimum atomic E-state index is -0.740. The summed E-state index contributed by atoms with van der Waals surface area (Å²) >= 11 is 0. The lowest BCUT2D eigenvalue weighted by molar-refractivity contribution is -0.148. The summed E-state index contributed by atoms with van der Waals surface area (Å²) in [6, 6.07) is -0.370. The van der Waals surface area contributed by atoms with Crippen molar-refractivity contribution in [1.82, 2.24) is 4.90 Å². The lowest BCUT2D eigenvalue weighted by atomic mass is 9.83. The van der Waals surface area contributed by atoms with Gasteiger partial charge < -0.3 is 5.11 Å². The summed E-state index contributed by atoms with van der Waals surface area (Å²) in [5.41, 5.74) is 0.287. The maximum absolute atomic E-state index is 10.8. The fraction of sp³-hybridized carbons (Fsp3) is 0.700. The Labute approximate surface area is 79.0 Å². The largest absolute Gasteiger partial charge is 0.480 e. The maximum Gasteiger partial charge on any atom is 0.321 e. The van der Waals surface area contributed by atoms with E-state index in [1.54, 1.807) is 6.08 Å². The van der Waals surface area contributed by atoms with Crippen LogP contribution in [0, 0.1) is 5.41 Å². The van der Waals surface area contributed by atoms with Crippen molar-refractivity contribution in [3.05, 3.63) is 12.7 Å². The lowest BCUT2D eigenvalue weighted by Crippen LogP contribution is -2.59. The fourth-order valence-corrected chi connectivity index (χ4v) is 1.84. The molecule has 3 heteroatoms. The number of carbonyl (C=O) groups is 1. The van der Waals surface area contributed by atoms with Gasteiger partial charge in [-0.25, -0.2) is 0 Å². The molecular weight excluding hydrogens is 166 g/mol. The van der Waals surface area contributed by atoms with E-state index in [4.69, 9.17) is 5.11 Å². The average molecular weight is 183 g/mol. The standard InChI is InChI=1S/C10H17NO2/c1-4-5-8(9(12)13)11-6-10(2,3)7-11/h4,8H,1,5-7H2,2-3H3,(H,12,13). The summed E-state index contributed by atoms with van der Waals surface area (Å²) in [6.07, 6.45) is 2.20. The number of likely N-dealkylation sites (tertiary alicyclic amines) is 1. The molecule has 0 aromatic heterocycles. The van der Waals surface area contributed by atoms with E-state index in [2.05, 4.69) is 20.4 Å². The number of rotatable bonds is 4. The normalized spacial score (nSPS) is 23.2. The first-order valence-corrected chi connectivity index (χ1v) is 4.54. The van der Waals surface area contributed by atoms with Gasteiger partial charge in [-0.15, -0.1) is 6.58 Å². The molecule has 1 saturated heterocycles. The van der Waals surface area contributed by atoms with E-state index in [0.717, 1.165) is 13.1 Å². The fourth-order valence-electron chi connectivity index (χ4n) is 1.84. The van der Waals surface area contributed by atoms with Crippen LogP contribution in [0.4, 0.5) is 0 Å². The molecule has 1 aliphatic rings. The zero-order chi connectivity index (χ0) is 10.1.